The first-order valence-electron chi connectivity index (χ1n) is 7.56. The summed E-state index contributed by atoms with van der Waals surface area (Å²) in [5, 5.41) is 0. The van der Waals surface area contributed by atoms with Crippen molar-refractivity contribution in [3.05, 3.63) is 58.0 Å². The molecule has 0 saturated heterocycles. The van der Waals surface area contributed by atoms with Crippen LogP contribution < -0.4 is 10.3 Å². The maximum Gasteiger partial charge on any atom is 0.262 e. The van der Waals surface area contributed by atoms with E-state index in [2.05, 4.69) is 17.6 Å². The fourth-order valence-corrected chi connectivity index (χ4v) is 3.39. The van der Waals surface area contributed by atoms with Gasteiger partial charge in [0, 0.05) is 17.5 Å². The van der Waals surface area contributed by atoms with Gasteiger partial charge in [0.05, 0.1) is 16.8 Å². The molecule has 0 spiro atoms. The van der Waals surface area contributed by atoms with Gasteiger partial charge in [0.1, 0.15) is 11.6 Å². The Kier molecular flexibility index (Phi) is 3.20. The number of hydrogen-bond donors (Lipinski definition) is 1. The van der Waals surface area contributed by atoms with Gasteiger partial charge >= 0.3 is 0 Å². The molecule has 1 aliphatic heterocycles. The van der Waals surface area contributed by atoms with Gasteiger partial charge in [-0.3, -0.25) is 14.3 Å². The minimum Gasteiger partial charge on any atom is -0.488 e. The first-order valence-corrected chi connectivity index (χ1v) is 8.01. The average molecular weight is 324 g/mol. The summed E-state index contributed by atoms with van der Waals surface area (Å²) >= 11 is 4.61. The maximum atomic E-state index is 13.1. The molecule has 2 aromatic heterocycles. The first-order chi connectivity index (χ1) is 11.1. The van der Waals surface area contributed by atoms with E-state index in [1.54, 1.807) is 10.8 Å². The Morgan fingerprint density at radius 3 is 2.96 bits per heavy atom. The summed E-state index contributed by atoms with van der Waals surface area (Å²) in [7, 11) is 0. The summed E-state index contributed by atoms with van der Waals surface area (Å²) in [4.78, 5) is 18.4. The number of pyridine rings is 2. The molecule has 1 aliphatic rings. The second-order valence-corrected chi connectivity index (χ2v) is 6.34. The number of rotatable bonds is 1. The number of aryl methyl sites for hydroxylation is 1. The van der Waals surface area contributed by atoms with Gasteiger partial charge in [-0.05, 0) is 37.6 Å². The summed E-state index contributed by atoms with van der Waals surface area (Å²) in [6.07, 6.45) is 2.32. The highest BCUT2D eigenvalue weighted by Gasteiger charge is 2.28. The molecule has 5 heteroatoms. The van der Waals surface area contributed by atoms with E-state index in [1.807, 2.05) is 44.2 Å². The second kappa shape index (κ2) is 5.13. The molecule has 0 saturated carbocycles. The normalized spacial score (nSPS) is 16.4. The molecule has 4 rings (SSSR count). The van der Waals surface area contributed by atoms with Crippen molar-refractivity contribution in [2.24, 2.45) is 0 Å². The van der Waals surface area contributed by atoms with Gasteiger partial charge in [-0.2, -0.15) is 0 Å². The molecule has 1 atom stereocenters. The van der Waals surface area contributed by atoms with Crippen LogP contribution in [0, 0.1) is 6.92 Å². The lowest BCUT2D eigenvalue weighted by Crippen LogP contribution is -2.23. The molecule has 0 bridgehead atoms. The molecule has 0 radical (unpaired) electrons. The molecule has 1 unspecified atom stereocenters. The molecule has 116 valence electrons. The van der Waals surface area contributed by atoms with Gasteiger partial charge in [0.25, 0.3) is 5.56 Å². The van der Waals surface area contributed by atoms with E-state index >= 15 is 0 Å². The second-order valence-electron chi connectivity index (χ2n) is 5.89. The minimum absolute atomic E-state index is 0.00765. The number of thiol groups is 1. The molecule has 1 aromatic carbocycles. The molecule has 0 amide bonds. The highest BCUT2D eigenvalue weighted by Crippen LogP contribution is 2.34. The number of ether oxygens (including phenoxy) is 1. The van der Waals surface area contributed by atoms with Crippen LogP contribution >= 0.6 is 12.6 Å². The highest BCUT2D eigenvalue weighted by molar-refractivity contribution is 7.80. The molecular weight excluding hydrogens is 308 g/mol. The Bertz CT molecular complexity index is 994. The largest absolute Gasteiger partial charge is 0.488 e. The molecule has 3 aromatic rings. The number of benzene rings is 1. The van der Waals surface area contributed by atoms with E-state index in [1.165, 1.54) is 0 Å². The third-order valence-corrected chi connectivity index (χ3v) is 4.83. The summed E-state index contributed by atoms with van der Waals surface area (Å²) in [5.41, 5.74) is 3.91. The van der Waals surface area contributed by atoms with Crippen molar-refractivity contribution < 1.29 is 4.74 Å². The number of hydrogen-bond acceptors (Lipinski definition) is 4. The summed E-state index contributed by atoms with van der Waals surface area (Å²) in [5.74, 6) is 0.628. The Labute approximate surface area is 139 Å². The zero-order valence-electron chi connectivity index (χ0n) is 12.9. The van der Waals surface area contributed by atoms with Crippen LogP contribution in [0.4, 0.5) is 0 Å². The van der Waals surface area contributed by atoms with Gasteiger partial charge in [-0.25, -0.2) is 0 Å². The summed E-state index contributed by atoms with van der Waals surface area (Å²) in [6.45, 7) is 3.95. The minimum atomic E-state index is -0.0502. The lowest BCUT2D eigenvalue weighted by molar-refractivity contribution is 0.257. The molecular formula is C18H16N2O2S. The Morgan fingerprint density at radius 2 is 2.13 bits per heavy atom. The van der Waals surface area contributed by atoms with Crippen molar-refractivity contribution in [1.82, 2.24) is 9.55 Å². The third kappa shape index (κ3) is 2.07. The topological polar surface area (TPSA) is 44.1 Å². The van der Waals surface area contributed by atoms with Crippen LogP contribution in [-0.2, 0) is 6.42 Å². The van der Waals surface area contributed by atoms with Crippen LogP contribution in [0.3, 0.4) is 0 Å². The zero-order chi connectivity index (χ0) is 16.1. The predicted octanol–water partition coefficient (Wildman–Crippen LogP) is 3.31. The zero-order valence-corrected chi connectivity index (χ0v) is 13.8. The van der Waals surface area contributed by atoms with Crippen LogP contribution in [0.15, 0.2) is 46.2 Å². The summed E-state index contributed by atoms with van der Waals surface area (Å²) < 4.78 is 7.56. The molecule has 4 nitrogen and oxygen atoms in total. The van der Waals surface area contributed by atoms with E-state index in [9.17, 15) is 4.79 Å². The van der Waals surface area contributed by atoms with Crippen molar-refractivity contribution in [2.45, 2.75) is 31.3 Å². The molecule has 0 N–H and O–H groups in total. The number of aromatic nitrogens is 2. The van der Waals surface area contributed by atoms with Crippen LogP contribution in [0.1, 0.15) is 18.1 Å². The van der Waals surface area contributed by atoms with Crippen LogP contribution in [0.2, 0.25) is 0 Å². The maximum absolute atomic E-state index is 13.1. The van der Waals surface area contributed by atoms with E-state index in [-0.39, 0.29) is 11.7 Å². The van der Waals surface area contributed by atoms with Gasteiger partial charge in [0.15, 0.2) is 5.75 Å². The smallest absolute Gasteiger partial charge is 0.262 e. The number of fused-ring (bicyclic) bond motifs is 3. The SMILES string of the molecule is Cc1cccc(-n2c(=O)c3c(c4ncccc42)OC(C)C3)c1S. The quantitative estimate of drug-likeness (QED) is 0.699. The van der Waals surface area contributed by atoms with Crippen molar-refractivity contribution in [3.8, 4) is 11.4 Å². The molecule has 0 fully saturated rings. The van der Waals surface area contributed by atoms with Crippen molar-refractivity contribution >= 4 is 23.7 Å². The fourth-order valence-electron chi connectivity index (χ4n) is 3.14. The molecule has 3 heterocycles. The average Bonchev–Trinajstić information content (AvgIpc) is 2.94. The van der Waals surface area contributed by atoms with Crippen LogP contribution in [0.25, 0.3) is 16.7 Å². The van der Waals surface area contributed by atoms with Gasteiger partial charge in [-0.15, -0.1) is 12.6 Å². The van der Waals surface area contributed by atoms with Crippen molar-refractivity contribution in [2.75, 3.05) is 0 Å². The predicted molar refractivity (Wildman–Crippen MR) is 93.1 cm³/mol. The lowest BCUT2D eigenvalue weighted by Gasteiger charge is -2.15. The monoisotopic (exact) mass is 324 g/mol. The highest BCUT2D eigenvalue weighted by atomic mass is 32.1. The van der Waals surface area contributed by atoms with E-state index in [0.29, 0.717) is 17.7 Å². The standard InChI is InChI=1S/C18H16N2O2S/c1-10-5-3-6-14(17(10)23)20-13-7-4-8-19-15(13)16-12(18(20)21)9-11(2)22-16/h3-8,11,23H,9H2,1-2H3. The Hall–Kier alpha value is -2.27. The van der Waals surface area contributed by atoms with Crippen LogP contribution in [0.5, 0.6) is 5.75 Å². The Morgan fingerprint density at radius 1 is 1.30 bits per heavy atom. The first kappa shape index (κ1) is 14.3. The van der Waals surface area contributed by atoms with E-state index < -0.39 is 0 Å². The Balaban J connectivity index is 2.17. The van der Waals surface area contributed by atoms with Crippen LogP contribution in [-0.4, -0.2) is 15.7 Å². The third-order valence-electron chi connectivity index (χ3n) is 4.25. The molecule has 23 heavy (non-hydrogen) atoms. The van der Waals surface area contributed by atoms with Crippen molar-refractivity contribution in [1.29, 1.82) is 0 Å². The fraction of sp³-hybridized carbons (Fsp3) is 0.222. The number of nitrogens with zero attached hydrogens (tertiary/aromatic N) is 2. The summed E-state index contributed by atoms with van der Waals surface area (Å²) in [6, 6.07) is 9.55. The van der Waals surface area contributed by atoms with Gasteiger partial charge < -0.3 is 4.74 Å². The lowest BCUT2D eigenvalue weighted by atomic mass is 10.1. The van der Waals surface area contributed by atoms with Crippen molar-refractivity contribution in [3.63, 3.8) is 0 Å². The molecule has 0 aliphatic carbocycles. The van der Waals surface area contributed by atoms with Gasteiger partial charge in [-0.1, -0.05) is 12.1 Å². The van der Waals surface area contributed by atoms with Gasteiger partial charge in [0.2, 0.25) is 0 Å². The van der Waals surface area contributed by atoms with E-state index in [0.717, 1.165) is 27.2 Å². The van der Waals surface area contributed by atoms with E-state index in [4.69, 9.17) is 4.74 Å².